The molecule has 0 aliphatic carbocycles. The number of aliphatic hydroxyl groups excluding tert-OH is 8. The van der Waals surface area contributed by atoms with E-state index in [-0.39, 0.29) is 18.9 Å². The maximum absolute atomic E-state index is 13.4. The van der Waals surface area contributed by atoms with E-state index in [4.69, 9.17) is 18.9 Å². The molecule has 2 rings (SSSR count). The topological polar surface area (TPSA) is 228 Å². The van der Waals surface area contributed by atoms with Crippen LogP contribution >= 0.6 is 0 Å². The Morgan fingerprint density at radius 3 is 1.04 bits per heavy atom. The zero-order valence-corrected chi connectivity index (χ0v) is 61.0. The quantitative estimate of drug-likeness (QED) is 0.0204. The highest BCUT2D eigenvalue weighted by molar-refractivity contribution is 5.76. The summed E-state index contributed by atoms with van der Waals surface area (Å²) in [7, 11) is 0. The molecule has 2 fully saturated rings. The zero-order chi connectivity index (χ0) is 68.0. The molecule has 2 aliphatic heterocycles. The van der Waals surface area contributed by atoms with Crippen molar-refractivity contribution in [3.8, 4) is 0 Å². The third-order valence-electron chi connectivity index (χ3n) is 20.1. The molecular weight excluding hydrogens is 1180 g/mol. The molecule has 0 aromatic heterocycles. The average Bonchev–Trinajstić information content (AvgIpc) is 0.794. The van der Waals surface area contributed by atoms with Gasteiger partial charge in [-0.25, -0.2) is 0 Å². The van der Waals surface area contributed by atoms with Gasteiger partial charge in [0.05, 0.1) is 32.0 Å². The van der Waals surface area contributed by atoms with E-state index in [1.165, 1.54) is 321 Å². The van der Waals surface area contributed by atoms with Crippen molar-refractivity contribution in [1.29, 1.82) is 0 Å². The summed E-state index contributed by atoms with van der Waals surface area (Å²) < 4.78 is 22.9. The van der Waals surface area contributed by atoms with E-state index in [9.17, 15) is 45.6 Å². The normalized spacial score (nSPS) is 22.5. The van der Waals surface area contributed by atoms with Crippen molar-refractivity contribution in [2.75, 3.05) is 19.8 Å². The van der Waals surface area contributed by atoms with E-state index in [1.54, 1.807) is 6.08 Å². The van der Waals surface area contributed by atoms with Crippen molar-refractivity contribution in [1.82, 2.24) is 5.32 Å². The second kappa shape index (κ2) is 64.8. The Kier molecular flexibility index (Phi) is 61.1. The average molecular weight is 1340 g/mol. The van der Waals surface area contributed by atoms with Crippen molar-refractivity contribution < 1.29 is 64.6 Å². The minimum absolute atomic E-state index is 0.240. The van der Waals surface area contributed by atoms with Crippen molar-refractivity contribution in [3.05, 3.63) is 24.3 Å². The molecule has 2 saturated heterocycles. The van der Waals surface area contributed by atoms with E-state index >= 15 is 0 Å². The van der Waals surface area contributed by atoms with Gasteiger partial charge in [-0.2, -0.15) is 0 Å². The number of aliphatic hydroxyl groups is 8. The van der Waals surface area contributed by atoms with Crippen molar-refractivity contribution in [3.63, 3.8) is 0 Å². The molecule has 556 valence electrons. The fourth-order valence-electron chi connectivity index (χ4n) is 13.7. The van der Waals surface area contributed by atoms with Gasteiger partial charge in [-0.1, -0.05) is 372 Å². The molecule has 0 saturated carbocycles. The first-order valence-corrected chi connectivity index (χ1v) is 40.6. The van der Waals surface area contributed by atoms with Crippen molar-refractivity contribution in [2.45, 2.75) is 460 Å². The Bertz CT molecular complexity index is 1670. The van der Waals surface area contributed by atoms with Gasteiger partial charge in [0, 0.05) is 6.42 Å². The van der Waals surface area contributed by atoms with Crippen LogP contribution in [0.2, 0.25) is 0 Å². The van der Waals surface area contributed by atoms with E-state index in [1.807, 2.05) is 6.08 Å². The summed E-state index contributed by atoms with van der Waals surface area (Å²) in [6, 6.07) is -0.930. The molecule has 1 amide bonds. The van der Waals surface area contributed by atoms with Gasteiger partial charge < -0.3 is 65.1 Å². The predicted octanol–water partition coefficient (Wildman–Crippen LogP) is 18.3. The van der Waals surface area contributed by atoms with Crippen molar-refractivity contribution in [2.24, 2.45) is 0 Å². The van der Waals surface area contributed by atoms with Crippen LogP contribution in [0.3, 0.4) is 0 Å². The van der Waals surface area contributed by atoms with Crippen LogP contribution in [-0.2, 0) is 23.7 Å². The summed E-state index contributed by atoms with van der Waals surface area (Å²) in [5, 5.41) is 87.7. The molecule has 0 bridgehead atoms. The molecule has 94 heavy (non-hydrogen) atoms. The molecule has 2 aliphatic rings. The van der Waals surface area contributed by atoms with Gasteiger partial charge in [-0.05, 0) is 32.1 Å². The molecular formula is C80H153NO13. The second-order valence-corrected chi connectivity index (χ2v) is 28.9. The third-order valence-corrected chi connectivity index (χ3v) is 20.1. The summed E-state index contributed by atoms with van der Waals surface area (Å²) in [5.41, 5.74) is 0. The fourth-order valence-corrected chi connectivity index (χ4v) is 13.7. The highest BCUT2D eigenvalue weighted by Gasteiger charge is 2.51. The van der Waals surface area contributed by atoms with Crippen LogP contribution in [0.5, 0.6) is 0 Å². The molecule has 0 aromatic rings. The Hall–Kier alpha value is -1.53. The first kappa shape index (κ1) is 88.6. The molecule has 14 nitrogen and oxygen atoms in total. The Labute approximate surface area is 577 Å². The maximum atomic E-state index is 13.4. The number of carbonyl (C=O) groups is 1. The molecule has 2 heterocycles. The second-order valence-electron chi connectivity index (χ2n) is 28.9. The first-order chi connectivity index (χ1) is 46.1. The predicted molar refractivity (Wildman–Crippen MR) is 388 cm³/mol. The molecule has 14 heteroatoms. The number of carbonyl (C=O) groups excluding carboxylic acids is 1. The van der Waals surface area contributed by atoms with Gasteiger partial charge in [0.2, 0.25) is 5.91 Å². The van der Waals surface area contributed by atoms with Crippen LogP contribution in [0.15, 0.2) is 24.3 Å². The van der Waals surface area contributed by atoms with E-state index in [2.05, 4.69) is 31.3 Å². The molecule has 0 radical (unpaired) electrons. The zero-order valence-electron chi connectivity index (χ0n) is 61.0. The minimum Gasteiger partial charge on any atom is -0.394 e. The van der Waals surface area contributed by atoms with E-state index in [0.717, 1.165) is 32.1 Å². The lowest BCUT2D eigenvalue weighted by Crippen LogP contribution is -2.65. The summed E-state index contributed by atoms with van der Waals surface area (Å²) in [5.74, 6) is -0.240. The number of hydrogen-bond acceptors (Lipinski definition) is 13. The Morgan fingerprint density at radius 2 is 0.681 bits per heavy atom. The number of amides is 1. The SMILES string of the molecule is CCCCCCCCCCCCCCCCCCCCCCCCCCC/C=C/CC/C=C/C(O)C(COC1OC(CO)C(OC2OC(CO)C(O)C(O)C2O)C(O)C1O)NC(=O)CCCCCCCCCCCCCCCCCCCCCCCCCCCCCCC. The van der Waals surface area contributed by atoms with Crippen LogP contribution in [-0.4, -0.2) is 140 Å². The van der Waals surface area contributed by atoms with Crippen LogP contribution in [0.1, 0.15) is 386 Å². The van der Waals surface area contributed by atoms with Crippen LogP contribution < -0.4 is 5.32 Å². The Morgan fingerprint density at radius 1 is 0.372 bits per heavy atom. The molecule has 12 atom stereocenters. The fraction of sp³-hybridized carbons (Fsp3) is 0.938. The van der Waals surface area contributed by atoms with Gasteiger partial charge in [0.25, 0.3) is 0 Å². The van der Waals surface area contributed by atoms with E-state index in [0.29, 0.717) is 12.8 Å². The highest BCUT2D eigenvalue weighted by Crippen LogP contribution is 2.30. The standard InChI is InChI=1S/C80H153NO13/c1-3-5-7-9-11-13-15-17-19-21-23-25-27-29-31-33-34-36-37-39-41-43-45-47-49-51-53-55-57-59-61-63-69(84)68(67-91-79-77(90)75(88)78(71(66-83)93-79)94-80-76(89)74(87)73(86)70(65-82)92-80)81-72(85)64-62-60-58-56-54-52-50-48-46-44-42-40-38-35-32-30-28-26-24-22-20-18-16-14-12-10-8-6-4-2/h53,55,61,63,68-71,73-80,82-84,86-90H,3-52,54,56-60,62,64-67H2,1-2H3,(H,81,85)/b55-53+,63-61+. The van der Waals surface area contributed by atoms with Crippen LogP contribution in [0, 0.1) is 0 Å². The lowest BCUT2D eigenvalue weighted by Gasteiger charge is -2.46. The van der Waals surface area contributed by atoms with Crippen molar-refractivity contribution >= 4 is 5.91 Å². The van der Waals surface area contributed by atoms with Gasteiger partial charge in [-0.3, -0.25) is 4.79 Å². The summed E-state index contributed by atoms with van der Waals surface area (Å²) in [6.07, 6.45) is 67.0. The van der Waals surface area contributed by atoms with Gasteiger partial charge in [0.15, 0.2) is 12.6 Å². The molecule has 9 N–H and O–H groups in total. The number of rotatable bonds is 69. The smallest absolute Gasteiger partial charge is 0.220 e. The Balaban J connectivity index is 1.63. The number of nitrogens with one attached hydrogen (secondary N) is 1. The summed E-state index contributed by atoms with van der Waals surface area (Å²) in [4.78, 5) is 13.4. The minimum atomic E-state index is -1.79. The summed E-state index contributed by atoms with van der Waals surface area (Å²) in [6.45, 7) is 2.86. The van der Waals surface area contributed by atoms with Gasteiger partial charge in [-0.15, -0.1) is 0 Å². The lowest BCUT2D eigenvalue weighted by molar-refractivity contribution is -0.359. The number of unbranched alkanes of at least 4 members (excludes halogenated alkanes) is 54. The largest absolute Gasteiger partial charge is 0.394 e. The monoisotopic (exact) mass is 1340 g/mol. The third kappa shape index (κ3) is 47.5. The number of ether oxygens (including phenoxy) is 4. The van der Waals surface area contributed by atoms with Crippen LogP contribution in [0.4, 0.5) is 0 Å². The van der Waals surface area contributed by atoms with Gasteiger partial charge in [0.1, 0.15) is 48.8 Å². The molecule has 0 spiro atoms. The van der Waals surface area contributed by atoms with Crippen LogP contribution in [0.25, 0.3) is 0 Å². The molecule has 0 aromatic carbocycles. The van der Waals surface area contributed by atoms with E-state index < -0.39 is 86.8 Å². The number of allylic oxidation sites excluding steroid dienone is 3. The van der Waals surface area contributed by atoms with Gasteiger partial charge >= 0.3 is 0 Å². The maximum Gasteiger partial charge on any atom is 0.220 e. The number of hydrogen-bond donors (Lipinski definition) is 9. The molecule has 12 unspecified atom stereocenters. The first-order valence-electron chi connectivity index (χ1n) is 40.6. The lowest BCUT2D eigenvalue weighted by atomic mass is 9.97. The highest BCUT2D eigenvalue weighted by atomic mass is 16.7. The summed E-state index contributed by atoms with van der Waals surface area (Å²) >= 11 is 0.